The second-order valence-corrected chi connectivity index (χ2v) is 7.14. The van der Waals surface area contributed by atoms with Gasteiger partial charge < -0.3 is 15.3 Å². The van der Waals surface area contributed by atoms with Gasteiger partial charge >= 0.3 is 6.09 Å². The Morgan fingerprint density at radius 2 is 2.52 bits per heavy atom. The second kappa shape index (κ2) is 6.59. The molecule has 0 aliphatic carbocycles. The topological polar surface area (TPSA) is 78.4 Å². The van der Waals surface area contributed by atoms with Crippen LogP contribution in [-0.4, -0.2) is 57.5 Å². The van der Waals surface area contributed by atoms with Crippen LogP contribution in [0.1, 0.15) is 6.42 Å². The number of amides is 1. The third-order valence-corrected chi connectivity index (χ3v) is 5.52. The van der Waals surface area contributed by atoms with Gasteiger partial charge in [-0.3, -0.25) is 0 Å². The largest absolute Gasteiger partial charge is 0.465 e. The number of carbonyl (C=O) groups is 1. The molecule has 0 unspecified atom stereocenters. The fraction of sp³-hybridized carbons (Fsp3) is 0.462. The van der Waals surface area contributed by atoms with E-state index in [1.807, 2.05) is 12.1 Å². The van der Waals surface area contributed by atoms with Gasteiger partial charge in [0.25, 0.3) is 0 Å². The summed E-state index contributed by atoms with van der Waals surface area (Å²) in [5.41, 5.74) is 0.942. The van der Waals surface area contributed by atoms with Gasteiger partial charge in [0.1, 0.15) is 10.3 Å². The van der Waals surface area contributed by atoms with E-state index in [2.05, 4.69) is 15.3 Å². The van der Waals surface area contributed by atoms with Crippen molar-refractivity contribution in [1.82, 2.24) is 20.2 Å². The van der Waals surface area contributed by atoms with Crippen LogP contribution in [0.15, 0.2) is 22.7 Å². The molecule has 1 aliphatic heterocycles. The van der Waals surface area contributed by atoms with Crippen LogP contribution in [0.4, 0.5) is 4.79 Å². The third kappa shape index (κ3) is 3.63. The summed E-state index contributed by atoms with van der Waals surface area (Å²) in [6.45, 7) is 1.87. The van der Waals surface area contributed by atoms with Gasteiger partial charge in [-0.25, -0.2) is 14.8 Å². The maximum Gasteiger partial charge on any atom is 0.407 e. The highest BCUT2D eigenvalue weighted by molar-refractivity contribution is 8.01. The molecule has 0 aromatic carbocycles. The minimum Gasteiger partial charge on any atom is -0.465 e. The molecule has 1 atom stereocenters. The molecular weight excluding hydrogens is 308 g/mol. The van der Waals surface area contributed by atoms with Gasteiger partial charge in [-0.05, 0) is 18.6 Å². The number of thiazole rings is 1. The Morgan fingerprint density at radius 3 is 3.33 bits per heavy atom. The average molecular weight is 324 g/mol. The Balaban J connectivity index is 1.50. The number of carboxylic acid groups (broad SMARTS) is 1. The van der Waals surface area contributed by atoms with Gasteiger partial charge in [-0.2, -0.15) is 0 Å². The Hall–Kier alpha value is -1.38. The zero-order chi connectivity index (χ0) is 14.7. The van der Waals surface area contributed by atoms with E-state index >= 15 is 0 Å². The quantitative estimate of drug-likeness (QED) is 0.839. The molecule has 3 heterocycles. The molecule has 0 bridgehead atoms. The van der Waals surface area contributed by atoms with Crippen LogP contribution in [0.2, 0.25) is 0 Å². The van der Waals surface area contributed by atoms with E-state index in [0.29, 0.717) is 13.1 Å². The van der Waals surface area contributed by atoms with E-state index in [4.69, 9.17) is 5.11 Å². The highest BCUT2D eigenvalue weighted by Gasteiger charge is 2.22. The van der Waals surface area contributed by atoms with E-state index in [-0.39, 0.29) is 6.04 Å². The highest BCUT2D eigenvalue weighted by Crippen LogP contribution is 2.28. The van der Waals surface area contributed by atoms with Gasteiger partial charge in [0, 0.05) is 37.6 Å². The molecule has 112 valence electrons. The lowest BCUT2D eigenvalue weighted by Gasteiger charge is -2.31. The molecule has 6 nitrogen and oxygen atoms in total. The summed E-state index contributed by atoms with van der Waals surface area (Å²) in [5.74, 6) is 0.922. The Morgan fingerprint density at radius 1 is 1.62 bits per heavy atom. The van der Waals surface area contributed by atoms with Crippen molar-refractivity contribution in [2.24, 2.45) is 0 Å². The first-order valence-corrected chi connectivity index (χ1v) is 8.58. The van der Waals surface area contributed by atoms with Crippen LogP contribution in [0.3, 0.4) is 0 Å². The first-order valence-electron chi connectivity index (χ1n) is 6.78. The van der Waals surface area contributed by atoms with E-state index in [0.717, 1.165) is 33.4 Å². The monoisotopic (exact) mass is 324 g/mol. The van der Waals surface area contributed by atoms with Crippen molar-refractivity contribution in [2.45, 2.75) is 16.8 Å². The van der Waals surface area contributed by atoms with Crippen LogP contribution >= 0.6 is 23.1 Å². The summed E-state index contributed by atoms with van der Waals surface area (Å²) in [6.07, 6.45) is 1.88. The van der Waals surface area contributed by atoms with Crippen LogP contribution in [0, 0.1) is 0 Å². The Labute approximate surface area is 130 Å². The summed E-state index contributed by atoms with van der Waals surface area (Å²) in [7, 11) is 0. The maximum atomic E-state index is 11.0. The number of fused-ring (bicyclic) bond motifs is 1. The fourth-order valence-electron chi connectivity index (χ4n) is 2.29. The number of hydrogen-bond acceptors (Lipinski definition) is 6. The lowest BCUT2D eigenvalue weighted by Crippen LogP contribution is -2.52. The molecule has 21 heavy (non-hydrogen) atoms. The first kappa shape index (κ1) is 14.6. The second-order valence-electron chi connectivity index (χ2n) is 4.82. The van der Waals surface area contributed by atoms with Crippen molar-refractivity contribution < 1.29 is 9.90 Å². The van der Waals surface area contributed by atoms with Gasteiger partial charge in [0.2, 0.25) is 0 Å². The number of thioether (sulfide) groups is 1. The standard InChI is InChI=1S/C13H16N4O2S2/c18-13(19)17-6-5-14-9(8-17)3-7-20-12-16-10-2-1-4-15-11(10)21-12/h1-2,4,9,14H,3,5-8H2,(H,18,19)/t9-/m1/s1. The summed E-state index contributed by atoms with van der Waals surface area (Å²) in [4.78, 5) is 22.2. The molecule has 0 spiro atoms. The number of nitrogens with one attached hydrogen (secondary N) is 1. The molecule has 1 amide bonds. The molecule has 0 radical (unpaired) electrons. The molecule has 8 heteroatoms. The van der Waals surface area contributed by atoms with Gasteiger partial charge in [0.15, 0.2) is 4.34 Å². The summed E-state index contributed by atoms with van der Waals surface area (Å²) in [6, 6.07) is 4.09. The molecular formula is C13H16N4O2S2. The number of piperazine rings is 1. The maximum absolute atomic E-state index is 11.0. The van der Waals surface area contributed by atoms with E-state index < -0.39 is 6.09 Å². The number of rotatable bonds is 4. The lowest BCUT2D eigenvalue weighted by atomic mass is 10.2. The van der Waals surface area contributed by atoms with Crippen molar-refractivity contribution in [3.05, 3.63) is 18.3 Å². The minimum absolute atomic E-state index is 0.231. The zero-order valence-corrected chi connectivity index (χ0v) is 13.0. The molecule has 2 aromatic heterocycles. The fourth-order valence-corrected chi connectivity index (χ4v) is 4.40. The van der Waals surface area contributed by atoms with Crippen LogP contribution < -0.4 is 5.32 Å². The van der Waals surface area contributed by atoms with Crippen molar-refractivity contribution in [2.75, 3.05) is 25.4 Å². The van der Waals surface area contributed by atoms with Crippen LogP contribution in [0.25, 0.3) is 10.3 Å². The van der Waals surface area contributed by atoms with Crippen molar-refractivity contribution in [1.29, 1.82) is 0 Å². The number of aromatic nitrogens is 2. The highest BCUT2D eigenvalue weighted by atomic mass is 32.2. The summed E-state index contributed by atoms with van der Waals surface area (Å²) >= 11 is 3.32. The normalized spacial score (nSPS) is 19.0. The minimum atomic E-state index is -0.827. The Kier molecular flexibility index (Phi) is 4.57. The van der Waals surface area contributed by atoms with Gasteiger partial charge in [0.05, 0.1) is 0 Å². The van der Waals surface area contributed by atoms with E-state index in [1.54, 1.807) is 29.3 Å². The molecule has 0 saturated carbocycles. The predicted octanol–water partition coefficient (Wildman–Crippen LogP) is 2.13. The van der Waals surface area contributed by atoms with Gasteiger partial charge in [-0.1, -0.05) is 23.1 Å². The molecule has 3 rings (SSSR count). The molecule has 1 saturated heterocycles. The third-order valence-electron chi connectivity index (χ3n) is 3.36. The predicted molar refractivity (Wildman–Crippen MR) is 84.1 cm³/mol. The van der Waals surface area contributed by atoms with Gasteiger partial charge in [-0.15, -0.1) is 0 Å². The number of nitrogens with zero attached hydrogens (tertiary/aromatic N) is 3. The number of pyridine rings is 1. The first-order chi connectivity index (χ1) is 10.2. The van der Waals surface area contributed by atoms with Crippen molar-refractivity contribution in [3.8, 4) is 0 Å². The lowest BCUT2D eigenvalue weighted by molar-refractivity contribution is 0.128. The van der Waals surface area contributed by atoms with E-state index in [9.17, 15) is 4.79 Å². The van der Waals surface area contributed by atoms with Crippen LogP contribution in [0.5, 0.6) is 0 Å². The van der Waals surface area contributed by atoms with E-state index in [1.165, 1.54) is 4.90 Å². The smallest absolute Gasteiger partial charge is 0.407 e. The van der Waals surface area contributed by atoms with Crippen LogP contribution in [-0.2, 0) is 0 Å². The molecule has 1 aliphatic rings. The average Bonchev–Trinajstić information content (AvgIpc) is 2.90. The zero-order valence-electron chi connectivity index (χ0n) is 11.4. The molecule has 1 fully saturated rings. The van der Waals surface area contributed by atoms with Crippen molar-refractivity contribution >= 4 is 39.5 Å². The molecule has 2 aromatic rings. The summed E-state index contributed by atoms with van der Waals surface area (Å²) in [5, 5.41) is 12.4. The summed E-state index contributed by atoms with van der Waals surface area (Å²) < 4.78 is 1.02. The number of hydrogen-bond donors (Lipinski definition) is 2. The van der Waals surface area contributed by atoms with Crippen molar-refractivity contribution in [3.63, 3.8) is 0 Å². The molecule has 2 N–H and O–H groups in total. The Bertz CT molecular complexity index is 600. The SMILES string of the molecule is O=C(O)N1CCN[C@H](CCSc2nc3cccnc3s2)C1.